The van der Waals surface area contributed by atoms with Crippen LogP contribution in [0.1, 0.15) is 40.5 Å². The van der Waals surface area contributed by atoms with Gasteiger partial charge in [0.15, 0.2) is 0 Å². The average Bonchev–Trinajstić information content (AvgIpc) is 2.89. The van der Waals surface area contributed by atoms with E-state index in [9.17, 15) is 4.79 Å². The van der Waals surface area contributed by atoms with E-state index in [0.717, 1.165) is 30.5 Å². The molecule has 2 bridgehead atoms. The summed E-state index contributed by atoms with van der Waals surface area (Å²) in [4.78, 5) is 23.5. The van der Waals surface area contributed by atoms with Gasteiger partial charge in [-0.3, -0.25) is 4.79 Å². The van der Waals surface area contributed by atoms with Gasteiger partial charge < -0.3 is 9.64 Å². The van der Waals surface area contributed by atoms with Gasteiger partial charge in [0.2, 0.25) is 0 Å². The molecule has 1 aromatic carbocycles. The lowest BCUT2D eigenvalue weighted by Crippen LogP contribution is -2.42. The number of methoxy groups -OCH3 is 1. The average molecular weight is 295 g/mol. The molecular weight excluding hydrogens is 278 g/mol. The molecule has 112 valence electrons. The normalized spacial score (nSPS) is 22.3. The van der Waals surface area contributed by atoms with E-state index >= 15 is 0 Å². The molecule has 1 saturated heterocycles. The number of fused-ring (bicyclic) bond motifs is 4. The molecule has 2 atom stereocenters. The summed E-state index contributed by atoms with van der Waals surface area (Å²) in [6.45, 7) is 0. The first kappa shape index (κ1) is 13.2. The molecule has 2 aliphatic heterocycles. The Morgan fingerprint density at radius 2 is 2.27 bits per heavy atom. The van der Waals surface area contributed by atoms with Gasteiger partial charge in [-0.25, -0.2) is 9.97 Å². The molecule has 5 nitrogen and oxygen atoms in total. The number of ether oxygens (including phenoxy) is 1. The Labute approximate surface area is 129 Å². The van der Waals surface area contributed by atoms with Gasteiger partial charge in [0.1, 0.15) is 12.1 Å². The fourth-order valence-electron chi connectivity index (χ4n) is 3.64. The number of rotatable bonds is 2. The lowest BCUT2D eigenvalue weighted by Gasteiger charge is -2.35. The van der Waals surface area contributed by atoms with Crippen molar-refractivity contribution in [2.45, 2.75) is 31.3 Å². The number of hydrogen-bond donors (Lipinski definition) is 0. The van der Waals surface area contributed by atoms with Crippen molar-refractivity contribution in [2.24, 2.45) is 0 Å². The largest absolute Gasteiger partial charge is 0.497 e. The van der Waals surface area contributed by atoms with Crippen LogP contribution in [0.25, 0.3) is 0 Å². The molecule has 0 radical (unpaired) electrons. The number of carbonyl (C=O) groups is 1. The quantitative estimate of drug-likeness (QED) is 0.853. The zero-order valence-corrected chi connectivity index (χ0v) is 12.4. The van der Waals surface area contributed by atoms with Gasteiger partial charge in [0, 0.05) is 29.8 Å². The number of nitrogens with zero attached hydrogens (tertiary/aromatic N) is 3. The zero-order chi connectivity index (χ0) is 15.1. The van der Waals surface area contributed by atoms with Crippen LogP contribution in [-0.2, 0) is 6.42 Å². The van der Waals surface area contributed by atoms with Crippen LogP contribution in [0.5, 0.6) is 5.75 Å². The maximum atomic E-state index is 13.0. The highest BCUT2D eigenvalue weighted by Gasteiger charge is 2.43. The van der Waals surface area contributed by atoms with Crippen molar-refractivity contribution in [3.8, 4) is 5.75 Å². The van der Waals surface area contributed by atoms with Gasteiger partial charge in [-0.15, -0.1) is 0 Å². The van der Waals surface area contributed by atoms with Crippen LogP contribution in [-0.4, -0.2) is 33.9 Å². The van der Waals surface area contributed by atoms with E-state index in [2.05, 4.69) is 9.97 Å². The summed E-state index contributed by atoms with van der Waals surface area (Å²) in [7, 11) is 1.61. The van der Waals surface area contributed by atoms with Crippen molar-refractivity contribution in [3.05, 3.63) is 53.6 Å². The molecule has 1 amide bonds. The third-order valence-electron chi connectivity index (χ3n) is 4.67. The summed E-state index contributed by atoms with van der Waals surface area (Å²) < 4.78 is 5.23. The van der Waals surface area contributed by atoms with Gasteiger partial charge in [0.25, 0.3) is 5.91 Å². The van der Waals surface area contributed by atoms with Crippen LogP contribution in [0.3, 0.4) is 0 Å². The van der Waals surface area contributed by atoms with Crippen molar-refractivity contribution in [3.63, 3.8) is 0 Å². The Kier molecular flexibility index (Phi) is 3.06. The molecule has 0 aliphatic carbocycles. The number of hydrogen-bond acceptors (Lipinski definition) is 4. The fraction of sp³-hybridized carbons (Fsp3) is 0.353. The summed E-state index contributed by atoms with van der Waals surface area (Å²) in [5.74, 6) is 0.778. The molecule has 22 heavy (non-hydrogen) atoms. The highest BCUT2D eigenvalue weighted by atomic mass is 16.5. The van der Waals surface area contributed by atoms with Gasteiger partial charge in [-0.05, 0) is 31.0 Å². The molecule has 5 heteroatoms. The molecular formula is C17H17N3O2. The van der Waals surface area contributed by atoms with Crippen LogP contribution >= 0.6 is 0 Å². The number of carbonyl (C=O) groups excluding carboxylic acids is 1. The van der Waals surface area contributed by atoms with Crippen molar-refractivity contribution in [2.75, 3.05) is 7.11 Å². The molecule has 0 saturated carbocycles. The Hall–Kier alpha value is -2.43. The van der Waals surface area contributed by atoms with Crippen LogP contribution in [0.2, 0.25) is 0 Å². The van der Waals surface area contributed by atoms with Crippen LogP contribution in [0.4, 0.5) is 0 Å². The summed E-state index contributed by atoms with van der Waals surface area (Å²) in [6.07, 6.45) is 6.29. The Bertz CT molecular complexity index is 731. The smallest absolute Gasteiger partial charge is 0.254 e. The minimum Gasteiger partial charge on any atom is -0.497 e. The standard InChI is InChI=1S/C17H17N3O2/c1-22-13-4-2-3-11(7-13)17(21)20-12-5-6-16(20)14-9-18-10-19-15(14)8-12/h2-4,7,9-10,12,16H,5-6,8H2,1H3. The molecule has 2 aliphatic rings. The fourth-order valence-corrected chi connectivity index (χ4v) is 3.64. The minimum atomic E-state index is 0.0703. The first-order valence-electron chi connectivity index (χ1n) is 7.53. The van der Waals surface area contributed by atoms with E-state index in [1.54, 1.807) is 19.5 Å². The lowest BCUT2D eigenvalue weighted by molar-refractivity contribution is 0.0643. The highest BCUT2D eigenvalue weighted by molar-refractivity contribution is 5.95. The molecule has 1 fully saturated rings. The first-order valence-corrected chi connectivity index (χ1v) is 7.53. The monoisotopic (exact) mass is 295 g/mol. The van der Waals surface area contributed by atoms with Crippen molar-refractivity contribution >= 4 is 5.91 Å². The Morgan fingerprint density at radius 3 is 3.14 bits per heavy atom. The third-order valence-corrected chi connectivity index (χ3v) is 4.67. The minimum absolute atomic E-state index is 0.0703. The second-order valence-corrected chi connectivity index (χ2v) is 5.82. The van der Waals surface area contributed by atoms with Crippen molar-refractivity contribution in [1.82, 2.24) is 14.9 Å². The molecule has 2 aromatic rings. The summed E-state index contributed by atoms with van der Waals surface area (Å²) in [5, 5.41) is 0. The maximum absolute atomic E-state index is 13.0. The Balaban J connectivity index is 1.70. The molecule has 3 heterocycles. The Morgan fingerprint density at radius 1 is 1.36 bits per heavy atom. The van der Waals surface area contributed by atoms with E-state index in [4.69, 9.17) is 4.74 Å². The predicted molar refractivity (Wildman–Crippen MR) is 80.7 cm³/mol. The second-order valence-electron chi connectivity index (χ2n) is 5.82. The predicted octanol–water partition coefficient (Wildman–Crippen LogP) is 2.39. The number of benzene rings is 1. The van der Waals surface area contributed by atoms with Gasteiger partial charge in [-0.1, -0.05) is 6.07 Å². The molecule has 1 aromatic heterocycles. The highest BCUT2D eigenvalue weighted by Crippen LogP contribution is 2.43. The second kappa shape index (κ2) is 5.09. The lowest BCUT2D eigenvalue weighted by atomic mass is 9.98. The zero-order valence-electron chi connectivity index (χ0n) is 12.4. The van der Waals surface area contributed by atoms with Crippen molar-refractivity contribution < 1.29 is 9.53 Å². The van der Waals surface area contributed by atoms with Crippen LogP contribution in [0.15, 0.2) is 36.8 Å². The maximum Gasteiger partial charge on any atom is 0.254 e. The third kappa shape index (κ3) is 1.96. The van der Waals surface area contributed by atoms with E-state index in [0.29, 0.717) is 11.3 Å². The van der Waals surface area contributed by atoms with E-state index < -0.39 is 0 Å². The van der Waals surface area contributed by atoms with E-state index in [1.807, 2.05) is 29.3 Å². The SMILES string of the molecule is COc1cccc(C(=O)N2C3CCC2c2cncnc2C3)c1. The molecule has 4 rings (SSSR count). The van der Waals surface area contributed by atoms with Gasteiger partial charge in [0.05, 0.1) is 18.8 Å². The summed E-state index contributed by atoms with van der Waals surface area (Å²) in [6, 6.07) is 7.71. The molecule has 0 N–H and O–H groups in total. The van der Waals surface area contributed by atoms with Crippen LogP contribution in [0, 0.1) is 0 Å². The van der Waals surface area contributed by atoms with Crippen molar-refractivity contribution in [1.29, 1.82) is 0 Å². The van der Waals surface area contributed by atoms with Crippen LogP contribution < -0.4 is 4.74 Å². The number of aromatic nitrogens is 2. The topological polar surface area (TPSA) is 55.3 Å². The van der Waals surface area contributed by atoms with E-state index in [-0.39, 0.29) is 18.0 Å². The molecule has 0 spiro atoms. The summed E-state index contributed by atoms with van der Waals surface area (Å²) >= 11 is 0. The van der Waals surface area contributed by atoms with Gasteiger partial charge in [-0.2, -0.15) is 0 Å². The van der Waals surface area contributed by atoms with Gasteiger partial charge >= 0.3 is 0 Å². The molecule has 2 unspecified atom stereocenters. The number of amides is 1. The first-order chi connectivity index (χ1) is 10.8. The van der Waals surface area contributed by atoms with E-state index in [1.165, 1.54) is 0 Å². The summed E-state index contributed by atoms with van der Waals surface area (Å²) in [5.41, 5.74) is 2.88.